The molecule has 0 amide bonds. The van der Waals surface area contributed by atoms with Gasteiger partial charge in [0, 0.05) is 11.8 Å². The Morgan fingerprint density at radius 1 is 1.24 bits per heavy atom. The predicted molar refractivity (Wildman–Crippen MR) is 63.0 cm³/mol. The van der Waals surface area contributed by atoms with E-state index in [-0.39, 0.29) is 0 Å². The third-order valence-electron chi connectivity index (χ3n) is 2.71. The van der Waals surface area contributed by atoms with Crippen LogP contribution in [0.5, 0.6) is 0 Å². The molecule has 1 heterocycles. The number of rotatable bonds is 3. The van der Waals surface area contributed by atoms with E-state index in [9.17, 15) is 8.78 Å². The highest BCUT2D eigenvalue weighted by molar-refractivity contribution is 5.65. The fourth-order valence-corrected chi connectivity index (χ4v) is 1.76. The molecule has 0 saturated carbocycles. The Kier molecular flexibility index (Phi) is 3.22. The first-order valence-electron chi connectivity index (χ1n) is 5.55. The molecule has 0 unspecified atom stereocenters. The molecule has 90 valence electrons. The molecular formula is C13H14F2N2. The van der Waals surface area contributed by atoms with Crippen molar-refractivity contribution in [2.75, 3.05) is 0 Å². The van der Waals surface area contributed by atoms with Crippen molar-refractivity contribution in [1.29, 1.82) is 0 Å². The second-order valence-corrected chi connectivity index (χ2v) is 3.97. The van der Waals surface area contributed by atoms with Crippen molar-refractivity contribution in [3.8, 4) is 11.1 Å². The summed E-state index contributed by atoms with van der Waals surface area (Å²) in [5, 5.41) is 3.89. The zero-order chi connectivity index (χ0) is 12.4. The number of halogens is 2. The maximum absolute atomic E-state index is 12.6. The number of hydrogen-bond donors (Lipinski definition) is 0. The van der Waals surface area contributed by atoms with Gasteiger partial charge in [-0.25, -0.2) is 4.68 Å². The lowest BCUT2D eigenvalue weighted by Crippen LogP contribution is -1.98. The number of benzene rings is 1. The van der Waals surface area contributed by atoms with E-state index in [1.54, 1.807) is 0 Å². The number of nitrogens with zero attached hydrogens (tertiary/aromatic N) is 2. The van der Waals surface area contributed by atoms with E-state index in [0.29, 0.717) is 16.8 Å². The Morgan fingerprint density at radius 3 is 2.41 bits per heavy atom. The van der Waals surface area contributed by atoms with E-state index in [1.807, 2.05) is 38.1 Å². The van der Waals surface area contributed by atoms with Gasteiger partial charge in [0.15, 0.2) is 0 Å². The maximum Gasteiger partial charge on any atom is 0.333 e. The molecule has 2 nitrogen and oxygen atoms in total. The van der Waals surface area contributed by atoms with Crippen LogP contribution in [-0.4, -0.2) is 9.78 Å². The van der Waals surface area contributed by atoms with Crippen LogP contribution in [0.2, 0.25) is 0 Å². The molecule has 1 aromatic heterocycles. The second-order valence-electron chi connectivity index (χ2n) is 3.97. The van der Waals surface area contributed by atoms with Gasteiger partial charge in [0.25, 0.3) is 0 Å². The minimum absolute atomic E-state index is 0.642. The molecule has 0 radical (unpaired) electrons. The first kappa shape index (κ1) is 11.8. The van der Waals surface area contributed by atoms with Gasteiger partial charge in [0.2, 0.25) is 0 Å². The van der Waals surface area contributed by atoms with Crippen molar-refractivity contribution in [2.24, 2.45) is 0 Å². The van der Waals surface area contributed by atoms with Crippen molar-refractivity contribution < 1.29 is 8.78 Å². The SMILES string of the molecule is CCc1nn(C(F)F)cc1-c1ccc(C)cc1. The molecule has 0 aliphatic rings. The fraction of sp³-hybridized carbons (Fsp3) is 0.308. The number of aryl methyl sites for hydroxylation is 2. The zero-order valence-electron chi connectivity index (χ0n) is 9.82. The van der Waals surface area contributed by atoms with Crippen molar-refractivity contribution >= 4 is 0 Å². The van der Waals surface area contributed by atoms with Crippen LogP contribution >= 0.6 is 0 Å². The molecule has 0 aliphatic carbocycles. The predicted octanol–water partition coefficient (Wildman–Crippen LogP) is 3.82. The van der Waals surface area contributed by atoms with E-state index in [0.717, 1.165) is 16.7 Å². The van der Waals surface area contributed by atoms with E-state index in [1.165, 1.54) is 6.20 Å². The second kappa shape index (κ2) is 4.65. The Morgan fingerprint density at radius 2 is 1.88 bits per heavy atom. The van der Waals surface area contributed by atoms with E-state index in [2.05, 4.69) is 5.10 Å². The van der Waals surface area contributed by atoms with Gasteiger partial charge >= 0.3 is 6.55 Å². The lowest BCUT2D eigenvalue weighted by molar-refractivity contribution is 0.0562. The average molecular weight is 236 g/mol. The van der Waals surface area contributed by atoms with Crippen molar-refractivity contribution in [3.63, 3.8) is 0 Å². The smallest absolute Gasteiger partial charge is 0.211 e. The Labute approximate surface area is 98.9 Å². The standard InChI is InChI=1S/C13H14F2N2/c1-3-12-11(8-17(16-12)13(14)15)10-6-4-9(2)5-7-10/h4-8,13H,3H2,1-2H3. The third-order valence-corrected chi connectivity index (χ3v) is 2.71. The summed E-state index contributed by atoms with van der Waals surface area (Å²) in [6.45, 7) is 1.32. The van der Waals surface area contributed by atoms with Crippen LogP contribution in [0.3, 0.4) is 0 Å². The largest absolute Gasteiger partial charge is 0.333 e. The first-order valence-corrected chi connectivity index (χ1v) is 5.55. The highest BCUT2D eigenvalue weighted by Gasteiger charge is 2.13. The zero-order valence-corrected chi connectivity index (χ0v) is 9.82. The van der Waals surface area contributed by atoms with Crippen LogP contribution in [-0.2, 0) is 6.42 Å². The van der Waals surface area contributed by atoms with Gasteiger partial charge in [0.1, 0.15) is 0 Å². The molecule has 2 aromatic rings. The summed E-state index contributed by atoms with van der Waals surface area (Å²) in [6.07, 6.45) is 2.05. The minimum Gasteiger partial charge on any atom is -0.211 e. The summed E-state index contributed by atoms with van der Waals surface area (Å²) >= 11 is 0. The van der Waals surface area contributed by atoms with Crippen LogP contribution in [0.4, 0.5) is 8.78 Å². The molecule has 0 spiro atoms. The molecule has 0 atom stereocenters. The van der Waals surface area contributed by atoms with Crippen molar-refractivity contribution in [3.05, 3.63) is 41.7 Å². The summed E-state index contributed by atoms with van der Waals surface area (Å²) in [5.74, 6) is 0. The Bertz CT molecular complexity index is 501. The molecule has 0 aliphatic heterocycles. The topological polar surface area (TPSA) is 17.8 Å². The molecule has 2 rings (SSSR count). The van der Waals surface area contributed by atoms with Crippen LogP contribution < -0.4 is 0 Å². The number of hydrogen-bond acceptors (Lipinski definition) is 1. The Hall–Kier alpha value is -1.71. The van der Waals surface area contributed by atoms with Crippen molar-refractivity contribution in [1.82, 2.24) is 9.78 Å². The molecule has 0 bridgehead atoms. The fourth-order valence-electron chi connectivity index (χ4n) is 1.76. The lowest BCUT2D eigenvalue weighted by atomic mass is 10.0. The number of aromatic nitrogens is 2. The summed E-state index contributed by atoms with van der Waals surface area (Å²) < 4.78 is 25.9. The number of alkyl halides is 2. The Balaban J connectivity index is 2.46. The summed E-state index contributed by atoms with van der Waals surface area (Å²) in [5.41, 5.74) is 3.56. The van der Waals surface area contributed by atoms with Gasteiger partial charge in [-0.15, -0.1) is 0 Å². The molecule has 0 N–H and O–H groups in total. The third kappa shape index (κ3) is 2.35. The van der Waals surface area contributed by atoms with Gasteiger partial charge in [0.05, 0.1) is 5.69 Å². The van der Waals surface area contributed by atoms with Gasteiger partial charge < -0.3 is 0 Å². The maximum atomic E-state index is 12.6. The molecule has 4 heteroatoms. The minimum atomic E-state index is -2.58. The van der Waals surface area contributed by atoms with E-state index < -0.39 is 6.55 Å². The van der Waals surface area contributed by atoms with Crippen LogP contribution in [0.15, 0.2) is 30.5 Å². The highest BCUT2D eigenvalue weighted by atomic mass is 19.3. The van der Waals surface area contributed by atoms with Crippen LogP contribution in [0.25, 0.3) is 11.1 Å². The molecule has 0 fully saturated rings. The molecule has 1 aromatic carbocycles. The van der Waals surface area contributed by atoms with E-state index in [4.69, 9.17) is 0 Å². The van der Waals surface area contributed by atoms with Gasteiger partial charge in [-0.3, -0.25) is 0 Å². The van der Waals surface area contributed by atoms with Crippen LogP contribution in [0, 0.1) is 6.92 Å². The lowest BCUT2D eigenvalue weighted by Gasteiger charge is -2.00. The summed E-state index contributed by atoms with van der Waals surface area (Å²) in [7, 11) is 0. The monoisotopic (exact) mass is 236 g/mol. The van der Waals surface area contributed by atoms with Gasteiger partial charge in [-0.2, -0.15) is 13.9 Å². The van der Waals surface area contributed by atoms with Gasteiger partial charge in [-0.1, -0.05) is 36.8 Å². The normalized spacial score (nSPS) is 11.1. The van der Waals surface area contributed by atoms with E-state index >= 15 is 0 Å². The average Bonchev–Trinajstić information content (AvgIpc) is 2.74. The summed E-state index contributed by atoms with van der Waals surface area (Å²) in [4.78, 5) is 0. The van der Waals surface area contributed by atoms with Gasteiger partial charge in [-0.05, 0) is 18.9 Å². The van der Waals surface area contributed by atoms with Crippen molar-refractivity contribution in [2.45, 2.75) is 26.8 Å². The first-order chi connectivity index (χ1) is 8.11. The van der Waals surface area contributed by atoms with Crippen LogP contribution in [0.1, 0.15) is 24.7 Å². The molecule has 17 heavy (non-hydrogen) atoms. The molecular weight excluding hydrogens is 222 g/mol. The quantitative estimate of drug-likeness (QED) is 0.792. The molecule has 0 saturated heterocycles. The summed E-state index contributed by atoms with van der Waals surface area (Å²) in [6, 6.07) is 7.80. The highest BCUT2D eigenvalue weighted by Crippen LogP contribution is 2.25.